The summed E-state index contributed by atoms with van der Waals surface area (Å²) in [6, 6.07) is 3.32. The summed E-state index contributed by atoms with van der Waals surface area (Å²) in [6.07, 6.45) is -1.33. The predicted octanol–water partition coefficient (Wildman–Crippen LogP) is 3.35. The average Bonchev–Trinajstić information content (AvgIpc) is 3.36. The molecule has 1 amide bonds. The van der Waals surface area contributed by atoms with E-state index in [1.807, 2.05) is 4.90 Å². The summed E-state index contributed by atoms with van der Waals surface area (Å²) in [5.41, 5.74) is -0.194. The lowest BCUT2D eigenvalue weighted by Crippen LogP contribution is -2.31. The van der Waals surface area contributed by atoms with E-state index in [-0.39, 0.29) is 12.1 Å². The van der Waals surface area contributed by atoms with Crippen LogP contribution >= 0.6 is 0 Å². The first-order valence-electron chi connectivity index (χ1n) is 8.27. The van der Waals surface area contributed by atoms with Gasteiger partial charge in [0.25, 0.3) is 0 Å². The smallest absolute Gasteiger partial charge is 0.416 e. The number of carbonyl (C=O) groups excluding carboxylic acids is 1. The van der Waals surface area contributed by atoms with Gasteiger partial charge in [-0.15, -0.1) is 0 Å². The molecule has 8 heteroatoms. The Hall–Kier alpha value is -2.25. The van der Waals surface area contributed by atoms with Gasteiger partial charge in [-0.2, -0.15) is 13.2 Å². The number of halogens is 3. The molecule has 1 heterocycles. The number of carboxylic acids is 1. The van der Waals surface area contributed by atoms with Gasteiger partial charge in [0.2, 0.25) is 5.91 Å². The highest BCUT2D eigenvalue weighted by molar-refractivity contribution is 6.00. The number of carbonyl (C=O) groups is 2. The zero-order chi connectivity index (χ0) is 18.2. The molecule has 2 N–H and O–H groups in total. The highest BCUT2D eigenvalue weighted by Gasteiger charge is 2.48. The normalized spacial score (nSPS) is 23.2. The number of aliphatic carboxylic acids is 1. The molecule has 25 heavy (non-hydrogen) atoms. The third kappa shape index (κ3) is 3.88. The predicted molar refractivity (Wildman–Crippen MR) is 85.4 cm³/mol. The number of nitrogens with zero attached hydrogens (tertiary/aromatic N) is 1. The molecule has 0 bridgehead atoms. The minimum atomic E-state index is -4.51. The SMILES string of the molecule is O=C(O)C1CC1C(=O)Nc1cc(C(F)(F)F)ccc1N1CCCCC1. The first-order chi connectivity index (χ1) is 11.8. The molecule has 136 valence electrons. The van der Waals surface area contributed by atoms with E-state index in [0.29, 0.717) is 5.69 Å². The number of benzene rings is 1. The number of amides is 1. The third-order valence-electron chi connectivity index (χ3n) is 4.72. The summed E-state index contributed by atoms with van der Waals surface area (Å²) < 4.78 is 39.0. The van der Waals surface area contributed by atoms with Crippen molar-refractivity contribution >= 4 is 23.3 Å². The molecule has 2 aliphatic rings. The van der Waals surface area contributed by atoms with Crippen LogP contribution in [0.3, 0.4) is 0 Å². The molecule has 1 aliphatic carbocycles. The first-order valence-corrected chi connectivity index (χ1v) is 8.27. The van der Waals surface area contributed by atoms with Crippen LogP contribution < -0.4 is 10.2 Å². The Labute approximate surface area is 142 Å². The van der Waals surface area contributed by atoms with Gasteiger partial charge in [-0.25, -0.2) is 0 Å². The van der Waals surface area contributed by atoms with E-state index >= 15 is 0 Å². The molecular formula is C17H19F3N2O3. The molecule has 2 fully saturated rings. The van der Waals surface area contributed by atoms with Crippen molar-refractivity contribution in [2.24, 2.45) is 11.8 Å². The van der Waals surface area contributed by atoms with Crippen molar-refractivity contribution in [1.29, 1.82) is 0 Å². The number of rotatable bonds is 4. The van der Waals surface area contributed by atoms with Crippen molar-refractivity contribution in [3.8, 4) is 0 Å². The number of carboxylic acid groups (broad SMARTS) is 1. The van der Waals surface area contributed by atoms with E-state index in [4.69, 9.17) is 5.11 Å². The van der Waals surface area contributed by atoms with Crippen molar-refractivity contribution < 1.29 is 27.9 Å². The quantitative estimate of drug-likeness (QED) is 0.868. The third-order valence-corrected chi connectivity index (χ3v) is 4.72. The first kappa shape index (κ1) is 17.6. The van der Waals surface area contributed by atoms with Gasteiger partial charge in [0.15, 0.2) is 0 Å². The number of piperidine rings is 1. The molecule has 0 radical (unpaired) electrons. The van der Waals surface area contributed by atoms with Crippen LogP contribution in [0.4, 0.5) is 24.5 Å². The van der Waals surface area contributed by atoms with Crippen LogP contribution in [-0.2, 0) is 15.8 Å². The molecule has 2 atom stereocenters. The van der Waals surface area contributed by atoms with Crippen LogP contribution in [0.25, 0.3) is 0 Å². The monoisotopic (exact) mass is 356 g/mol. The summed E-state index contributed by atoms with van der Waals surface area (Å²) in [4.78, 5) is 25.1. The van der Waals surface area contributed by atoms with E-state index < -0.39 is 35.5 Å². The van der Waals surface area contributed by atoms with Crippen LogP contribution in [0.15, 0.2) is 18.2 Å². The fraction of sp³-hybridized carbons (Fsp3) is 0.529. The van der Waals surface area contributed by atoms with Gasteiger partial charge >= 0.3 is 12.1 Å². The standard InChI is InChI=1S/C17H19F3N2O3/c18-17(19,20)10-4-5-14(22-6-2-1-3-7-22)13(8-10)21-15(23)11-9-12(11)16(24)25/h4-5,8,11-12H,1-3,6-7,9H2,(H,21,23)(H,24,25). The van der Waals surface area contributed by atoms with Crippen molar-refractivity contribution in [3.63, 3.8) is 0 Å². The van der Waals surface area contributed by atoms with E-state index in [1.54, 1.807) is 0 Å². The molecular weight excluding hydrogens is 337 g/mol. The van der Waals surface area contributed by atoms with Gasteiger partial charge in [-0.1, -0.05) is 0 Å². The largest absolute Gasteiger partial charge is 0.481 e. The van der Waals surface area contributed by atoms with Gasteiger partial charge in [-0.3, -0.25) is 9.59 Å². The number of alkyl halides is 3. The van der Waals surface area contributed by atoms with Gasteiger partial charge in [0.1, 0.15) is 0 Å². The highest BCUT2D eigenvalue weighted by Crippen LogP contribution is 2.41. The molecule has 3 rings (SSSR count). The minimum Gasteiger partial charge on any atom is -0.481 e. The van der Waals surface area contributed by atoms with E-state index in [2.05, 4.69) is 5.32 Å². The highest BCUT2D eigenvalue weighted by atomic mass is 19.4. The maximum absolute atomic E-state index is 13.0. The Kier molecular flexibility index (Phi) is 4.62. The molecule has 2 unspecified atom stereocenters. The summed E-state index contributed by atoms with van der Waals surface area (Å²) in [5, 5.41) is 11.4. The van der Waals surface area contributed by atoms with E-state index in [0.717, 1.165) is 44.5 Å². The number of hydrogen-bond donors (Lipinski definition) is 2. The van der Waals surface area contributed by atoms with E-state index in [1.165, 1.54) is 6.07 Å². The second-order valence-electron chi connectivity index (χ2n) is 6.55. The fourth-order valence-electron chi connectivity index (χ4n) is 3.21. The Bertz CT molecular complexity index is 684. The van der Waals surface area contributed by atoms with E-state index in [9.17, 15) is 22.8 Å². The Balaban J connectivity index is 1.85. The lowest BCUT2D eigenvalue weighted by atomic mass is 10.1. The van der Waals surface area contributed by atoms with Crippen LogP contribution in [0.5, 0.6) is 0 Å². The summed E-state index contributed by atoms with van der Waals surface area (Å²) >= 11 is 0. The van der Waals surface area contributed by atoms with Gasteiger partial charge < -0.3 is 15.3 Å². The molecule has 5 nitrogen and oxygen atoms in total. The Morgan fingerprint density at radius 2 is 1.80 bits per heavy atom. The summed E-state index contributed by atoms with van der Waals surface area (Å²) in [7, 11) is 0. The topological polar surface area (TPSA) is 69.6 Å². The van der Waals surface area contributed by atoms with Crippen molar-refractivity contribution in [2.75, 3.05) is 23.3 Å². The lowest BCUT2D eigenvalue weighted by Gasteiger charge is -2.31. The molecule has 1 saturated carbocycles. The van der Waals surface area contributed by atoms with Crippen molar-refractivity contribution in [1.82, 2.24) is 0 Å². The summed E-state index contributed by atoms with van der Waals surface area (Å²) in [6.45, 7) is 1.44. The van der Waals surface area contributed by atoms with Crippen LogP contribution in [0.2, 0.25) is 0 Å². The van der Waals surface area contributed by atoms with Gasteiger partial charge in [-0.05, 0) is 43.9 Å². The van der Waals surface area contributed by atoms with Crippen molar-refractivity contribution in [2.45, 2.75) is 31.9 Å². The van der Waals surface area contributed by atoms with Crippen LogP contribution in [0.1, 0.15) is 31.2 Å². The zero-order valence-electron chi connectivity index (χ0n) is 13.5. The maximum Gasteiger partial charge on any atom is 0.416 e. The molecule has 0 spiro atoms. The molecule has 1 aromatic carbocycles. The van der Waals surface area contributed by atoms with Gasteiger partial charge in [0.05, 0.1) is 28.8 Å². The van der Waals surface area contributed by atoms with Crippen molar-refractivity contribution in [3.05, 3.63) is 23.8 Å². The molecule has 1 aromatic rings. The Morgan fingerprint density at radius 1 is 1.12 bits per heavy atom. The second kappa shape index (κ2) is 6.57. The average molecular weight is 356 g/mol. The van der Waals surface area contributed by atoms with Gasteiger partial charge in [0, 0.05) is 13.1 Å². The Morgan fingerprint density at radius 3 is 2.36 bits per heavy atom. The number of anilines is 2. The fourth-order valence-corrected chi connectivity index (χ4v) is 3.21. The lowest BCUT2D eigenvalue weighted by molar-refractivity contribution is -0.139. The molecule has 1 saturated heterocycles. The zero-order valence-corrected chi connectivity index (χ0v) is 13.5. The number of hydrogen-bond acceptors (Lipinski definition) is 3. The minimum absolute atomic E-state index is 0.0952. The maximum atomic E-state index is 13.0. The molecule has 0 aromatic heterocycles. The summed E-state index contributed by atoms with van der Waals surface area (Å²) in [5.74, 6) is -3.02. The van der Waals surface area contributed by atoms with Crippen LogP contribution in [-0.4, -0.2) is 30.1 Å². The second-order valence-corrected chi connectivity index (χ2v) is 6.55. The molecule has 1 aliphatic heterocycles. The number of nitrogens with one attached hydrogen (secondary N) is 1. The van der Waals surface area contributed by atoms with Crippen LogP contribution in [0, 0.1) is 11.8 Å².